The van der Waals surface area contributed by atoms with Gasteiger partial charge in [-0.1, -0.05) is 6.07 Å². The number of carbonyl (C=O) groups is 1. The Morgan fingerprint density at radius 2 is 1.94 bits per heavy atom. The number of phenols is 1. The average molecular weight is 454 g/mol. The number of aliphatic hydroxyl groups is 1. The van der Waals surface area contributed by atoms with E-state index >= 15 is 0 Å². The Kier molecular flexibility index (Phi) is 4.41. The van der Waals surface area contributed by atoms with Crippen LogP contribution in [0.5, 0.6) is 11.5 Å². The second-order valence-corrected chi connectivity index (χ2v) is 11.4. The topological polar surface area (TPSA) is 76.5 Å². The van der Waals surface area contributed by atoms with Gasteiger partial charge in [0, 0.05) is 24.7 Å². The van der Waals surface area contributed by atoms with E-state index in [4.69, 9.17) is 4.74 Å². The molecule has 1 spiro atoms. The summed E-state index contributed by atoms with van der Waals surface area (Å²) in [5, 5.41) is 23.3. The number of phenolic OH excluding ortho intramolecular Hbond substituents is 1. The number of likely N-dealkylation sites (tertiary alicyclic amines) is 3. The van der Waals surface area contributed by atoms with Crippen molar-refractivity contribution in [1.29, 1.82) is 0 Å². The molecule has 178 valence electrons. The first-order valence-electron chi connectivity index (χ1n) is 13.0. The Hall–Kier alpha value is -1.83. The summed E-state index contributed by atoms with van der Waals surface area (Å²) >= 11 is 0. The Balaban J connectivity index is 1.28. The molecule has 2 bridgehead atoms. The highest BCUT2D eigenvalue weighted by Gasteiger charge is 2.71. The lowest BCUT2D eigenvalue weighted by molar-refractivity contribution is -0.162. The van der Waals surface area contributed by atoms with Crippen LogP contribution >= 0.6 is 0 Å². The van der Waals surface area contributed by atoms with E-state index in [1.807, 2.05) is 11.0 Å². The summed E-state index contributed by atoms with van der Waals surface area (Å²) in [7, 11) is 0. The van der Waals surface area contributed by atoms with Crippen molar-refractivity contribution in [2.75, 3.05) is 45.8 Å². The van der Waals surface area contributed by atoms with E-state index in [0.717, 1.165) is 63.3 Å². The molecule has 1 aromatic rings. The molecular weight excluding hydrogens is 418 g/mol. The highest BCUT2D eigenvalue weighted by atomic mass is 16.5. The van der Waals surface area contributed by atoms with Crippen LogP contribution in [-0.2, 0) is 16.6 Å². The van der Waals surface area contributed by atoms with E-state index in [1.165, 1.54) is 18.4 Å². The third-order valence-electron chi connectivity index (χ3n) is 9.70. The van der Waals surface area contributed by atoms with Crippen LogP contribution in [0.2, 0.25) is 0 Å². The van der Waals surface area contributed by atoms with Crippen molar-refractivity contribution in [3.63, 3.8) is 0 Å². The number of rotatable bonds is 4. The molecule has 4 atom stereocenters. The molecule has 4 heterocycles. The van der Waals surface area contributed by atoms with Gasteiger partial charge in [-0.25, -0.2) is 0 Å². The Morgan fingerprint density at radius 3 is 2.73 bits per heavy atom. The maximum Gasteiger partial charge on any atom is 0.236 e. The minimum Gasteiger partial charge on any atom is -0.504 e. The molecule has 7 rings (SSSR count). The van der Waals surface area contributed by atoms with Crippen molar-refractivity contribution in [3.8, 4) is 11.5 Å². The van der Waals surface area contributed by atoms with Gasteiger partial charge in [-0.2, -0.15) is 0 Å². The first-order chi connectivity index (χ1) is 16.0. The fourth-order valence-corrected chi connectivity index (χ4v) is 7.86. The van der Waals surface area contributed by atoms with Crippen LogP contribution in [0.1, 0.15) is 49.7 Å². The molecule has 33 heavy (non-hydrogen) atoms. The third-order valence-corrected chi connectivity index (χ3v) is 9.70. The van der Waals surface area contributed by atoms with Crippen molar-refractivity contribution < 1.29 is 19.7 Å². The lowest BCUT2D eigenvalue weighted by atomic mass is 9.52. The number of ether oxygens (including phenoxy) is 1. The molecule has 3 saturated heterocycles. The highest BCUT2D eigenvalue weighted by Crippen LogP contribution is 2.63. The van der Waals surface area contributed by atoms with Gasteiger partial charge in [0.1, 0.15) is 6.10 Å². The van der Waals surface area contributed by atoms with Crippen LogP contribution in [0, 0.1) is 5.92 Å². The molecule has 2 N–H and O–H groups in total. The zero-order valence-electron chi connectivity index (χ0n) is 19.3. The highest BCUT2D eigenvalue weighted by molar-refractivity contribution is 5.78. The second kappa shape index (κ2) is 7.09. The van der Waals surface area contributed by atoms with Gasteiger partial charge in [0.05, 0.1) is 24.1 Å². The zero-order chi connectivity index (χ0) is 22.4. The normalized spacial score (nSPS) is 37.5. The van der Waals surface area contributed by atoms with E-state index in [1.54, 1.807) is 6.07 Å². The average Bonchev–Trinajstić information content (AvgIpc) is 3.38. The quantitative estimate of drug-likeness (QED) is 0.720. The summed E-state index contributed by atoms with van der Waals surface area (Å²) in [6.45, 7) is 5.51. The molecule has 1 saturated carbocycles. The van der Waals surface area contributed by atoms with Crippen LogP contribution < -0.4 is 4.74 Å². The number of hydrogen-bond donors (Lipinski definition) is 2. The lowest BCUT2D eigenvalue weighted by Gasteiger charge is -2.60. The van der Waals surface area contributed by atoms with Crippen molar-refractivity contribution in [3.05, 3.63) is 23.3 Å². The third kappa shape index (κ3) is 2.82. The molecule has 4 fully saturated rings. The lowest BCUT2D eigenvalue weighted by Crippen LogP contribution is -2.74. The number of carbonyl (C=O) groups excluding carboxylic acids is 1. The molecule has 1 aromatic carbocycles. The molecule has 7 nitrogen and oxygen atoms in total. The van der Waals surface area contributed by atoms with Crippen LogP contribution in [0.15, 0.2) is 12.1 Å². The van der Waals surface area contributed by atoms with Gasteiger partial charge >= 0.3 is 0 Å². The number of piperidine rings is 1. The Bertz CT molecular complexity index is 990. The second-order valence-electron chi connectivity index (χ2n) is 11.4. The maximum absolute atomic E-state index is 13.3. The molecule has 1 amide bonds. The summed E-state index contributed by atoms with van der Waals surface area (Å²) in [5.41, 5.74) is 0.727. The van der Waals surface area contributed by atoms with Crippen molar-refractivity contribution >= 4 is 5.91 Å². The number of aromatic hydroxyl groups is 1. The first-order valence-corrected chi connectivity index (χ1v) is 13.0. The predicted molar refractivity (Wildman–Crippen MR) is 122 cm³/mol. The molecule has 4 aliphatic heterocycles. The smallest absolute Gasteiger partial charge is 0.236 e. The van der Waals surface area contributed by atoms with E-state index < -0.39 is 11.0 Å². The number of nitrogens with zero attached hydrogens (tertiary/aromatic N) is 3. The Labute approximate surface area is 195 Å². The van der Waals surface area contributed by atoms with E-state index in [-0.39, 0.29) is 23.8 Å². The van der Waals surface area contributed by atoms with Crippen LogP contribution in [0.25, 0.3) is 0 Å². The molecule has 2 aliphatic carbocycles. The van der Waals surface area contributed by atoms with Gasteiger partial charge in [-0.15, -0.1) is 0 Å². The maximum atomic E-state index is 13.3. The number of benzene rings is 1. The fraction of sp³-hybridized carbons (Fsp3) is 0.731. The molecule has 0 radical (unpaired) electrons. The van der Waals surface area contributed by atoms with Gasteiger partial charge in [0.25, 0.3) is 0 Å². The van der Waals surface area contributed by atoms with E-state index in [0.29, 0.717) is 31.8 Å². The fourth-order valence-electron chi connectivity index (χ4n) is 7.86. The van der Waals surface area contributed by atoms with Gasteiger partial charge < -0.3 is 19.8 Å². The van der Waals surface area contributed by atoms with E-state index in [9.17, 15) is 15.0 Å². The first kappa shape index (κ1) is 20.5. The summed E-state index contributed by atoms with van der Waals surface area (Å²) < 4.78 is 6.50. The van der Waals surface area contributed by atoms with Crippen molar-refractivity contribution in [1.82, 2.24) is 14.7 Å². The number of hydrogen-bond acceptors (Lipinski definition) is 6. The minimum atomic E-state index is -0.959. The molecule has 7 heteroatoms. The monoisotopic (exact) mass is 453 g/mol. The summed E-state index contributed by atoms with van der Waals surface area (Å²) in [6.07, 6.45) is 6.77. The van der Waals surface area contributed by atoms with Gasteiger partial charge in [-0.3, -0.25) is 14.6 Å². The van der Waals surface area contributed by atoms with Gasteiger partial charge in [0.15, 0.2) is 11.5 Å². The van der Waals surface area contributed by atoms with Crippen LogP contribution in [-0.4, -0.2) is 94.4 Å². The molecular formula is C26H35N3O4. The molecule has 6 aliphatic rings. The summed E-state index contributed by atoms with van der Waals surface area (Å²) in [6, 6.07) is 3.82. The largest absolute Gasteiger partial charge is 0.504 e. The Morgan fingerprint density at radius 1 is 1.12 bits per heavy atom. The van der Waals surface area contributed by atoms with E-state index in [2.05, 4.69) is 9.80 Å². The van der Waals surface area contributed by atoms with Gasteiger partial charge in [-0.05, 0) is 82.1 Å². The van der Waals surface area contributed by atoms with Gasteiger partial charge in [0.2, 0.25) is 5.91 Å². The van der Waals surface area contributed by atoms with Crippen LogP contribution in [0.4, 0.5) is 0 Å². The minimum absolute atomic E-state index is 0.0366. The van der Waals surface area contributed by atoms with Crippen molar-refractivity contribution in [2.45, 2.75) is 68.1 Å². The zero-order valence-corrected chi connectivity index (χ0v) is 19.3. The van der Waals surface area contributed by atoms with Crippen molar-refractivity contribution in [2.24, 2.45) is 5.92 Å². The summed E-state index contributed by atoms with van der Waals surface area (Å²) in [5.74, 6) is 1.62. The SMILES string of the molecule is O=C(CN1CCCC1)N1CC[C@@]2(O)[C@H]3Cc4ccc(O)c5c4[C@@]2(CCN3CC2CC2)[C@H](C1)O5. The number of amides is 1. The molecule has 0 aromatic heterocycles. The standard InChI is InChI=1S/C26H35N3O4/c30-19-6-5-18-13-20-26(32)8-12-29(22(31)16-27-9-1-2-10-27)15-21-25(26,23(18)24(19)33-21)7-11-28(20)14-17-3-4-17/h5-6,17,20-21,30,32H,1-4,7-16H2/t20-,21+,25-,26-/m1/s1. The summed E-state index contributed by atoms with van der Waals surface area (Å²) in [4.78, 5) is 20.1. The molecule has 0 unspecified atom stereocenters. The predicted octanol–water partition coefficient (Wildman–Crippen LogP) is 1.49. The van der Waals surface area contributed by atoms with Crippen LogP contribution in [0.3, 0.4) is 0 Å².